The number of benzene rings is 2. The molecule has 0 unspecified atom stereocenters. The second-order valence-electron chi connectivity index (χ2n) is 7.95. The van der Waals surface area contributed by atoms with Crippen LogP contribution in [0.15, 0.2) is 60.7 Å². The van der Waals surface area contributed by atoms with Crippen molar-refractivity contribution in [3.8, 4) is 0 Å². The number of nitrogens with one attached hydrogen (secondary N) is 1. The molecule has 2 fully saturated rings. The number of esters is 1. The molecule has 0 amide bonds. The van der Waals surface area contributed by atoms with Gasteiger partial charge in [0.25, 0.3) is 0 Å². The summed E-state index contributed by atoms with van der Waals surface area (Å²) >= 11 is 0. The molecule has 1 atom stereocenters. The van der Waals surface area contributed by atoms with Crippen molar-refractivity contribution < 1.29 is 14.3 Å². The predicted molar refractivity (Wildman–Crippen MR) is 108 cm³/mol. The van der Waals surface area contributed by atoms with Crippen LogP contribution in [0, 0.1) is 5.92 Å². The molecule has 4 heteroatoms. The van der Waals surface area contributed by atoms with E-state index in [9.17, 15) is 9.59 Å². The van der Waals surface area contributed by atoms with E-state index >= 15 is 0 Å². The van der Waals surface area contributed by atoms with Gasteiger partial charge in [-0.3, -0.25) is 14.9 Å². The Bertz CT molecular complexity index is 773. The Morgan fingerprint density at radius 2 is 1.50 bits per heavy atom. The third-order valence-corrected chi connectivity index (χ3v) is 6.14. The van der Waals surface area contributed by atoms with Crippen LogP contribution in [0.25, 0.3) is 0 Å². The highest BCUT2D eigenvalue weighted by Crippen LogP contribution is 2.34. The fraction of sp³-hybridized carbons (Fsp3) is 0.417. The van der Waals surface area contributed by atoms with Crippen molar-refractivity contribution in [2.45, 2.75) is 50.1 Å². The number of cyclic esters (lactones) is 1. The number of morpholine rings is 1. The molecule has 146 valence electrons. The van der Waals surface area contributed by atoms with E-state index in [1.54, 1.807) is 0 Å². The van der Waals surface area contributed by atoms with E-state index in [2.05, 4.69) is 5.32 Å². The third-order valence-electron chi connectivity index (χ3n) is 6.14. The molecule has 1 aliphatic carbocycles. The van der Waals surface area contributed by atoms with Gasteiger partial charge in [-0.05, 0) is 24.0 Å². The minimum Gasteiger partial charge on any atom is -0.462 e. The lowest BCUT2D eigenvalue weighted by Crippen LogP contribution is -2.60. The van der Waals surface area contributed by atoms with Crippen molar-refractivity contribution in [1.82, 2.24) is 5.32 Å². The zero-order chi connectivity index (χ0) is 19.4. The minimum atomic E-state index is -0.645. The van der Waals surface area contributed by atoms with E-state index in [0.29, 0.717) is 0 Å². The SMILES string of the molecule is O=C(C[C@H]1NC(c2ccccc2)(c2ccccc2)COC1=O)C1CCCCC1. The normalized spacial score (nSPS) is 22.4. The highest BCUT2D eigenvalue weighted by Gasteiger charge is 2.44. The summed E-state index contributed by atoms with van der Waals surface area (Å²) in [6.45, 7) is 0.216. The molecule has 1 saturated heterocycles. The van der Waals surface area contributed by atoms with Gasteiger partial charge in [0.15, 0.2) is 0 Å². The minimum absolute atomic E-state index is 0.0909. The molecule has 0 radical (unpaired) electrons. The van der Waals surface area contributed by atoms with Crippen LogP contribution in [-0.4, -0.2) is 24.4 Å². The molecule has 4 rings (SSSR count). The smallest absolute Gasteiger partial charge is 0.323 e. The molecule has 1 aliphatic heterocycles. The van der Waals surface area contributed by atoms with Gasteiger partial charge in [0.1, 0.15) is 24.0 Å². The lowest BCUT2D eigenvalue weighted by Gasteiger charge is -2.42. The van der Waals surface area contributed by atoms with Crippen molar-refractivity contribution in [2.75, 3.05) is 6.61 Å². The first kappa shape index (κ1) is 18.9. The van der Waals surface area contributed by atoms with E-state index in [4.69, 9.17) is 4.74 Å². The number of rotatable bonds is 5. The van der Waals surface area contributed by atoms with Crippen molar-refractivity contribution in [3.05, 3.63) is 71.8 Å². The van der Waals surface area contributed by atoms with Crippen LogP contribution in [0.2, 0.25) is 0 Å². The molecular weight excluding hydrogens is 350 g/mol. The molecule has 4 nitrogen and oxygen atoms in total. The van der Waals surface area contributed by atoms with Crippen LogP contribution < -0.4 is 5.32 Å². The number of Topliss-reactive ketones (excluding diaryl/α,β-unsaturated/α-hetero) is 1. The Kier molecular flexibility index (Phi) is 5.58. The number of ketones is 1. The van der Waals surface area contributed by atoms with Gasteiger partial charge in [-0.25, -0.2) is 0 Å². The first-order chi connectivity index (χ1) is 13.7. The summed E-state index contributed by atoms with van der Waals surface area (Å²) in [7, 11) is 0. The van der Waals surface area contributed by atoms with Crippen molar-refractivity contribution in [3.63, 3.8) is 0 Å². The number of hydrogen-bond acceptors (Lipinski definition) is 4. The molecule has 0 bridgehead atoms. The van der Waals surface area contributed by atoms with Crippen LogP contribution in [0.3, 0.4) is 0 Å². The second kappa shape index (κ2) is 8.27. The number of hydrogen-bond donors (Lipinski definition) is 1. The molecule has 28 heavy (non-hydrogen) atoms. The van der Waals surface area contributed by atoms with E-state index in [0.717, 1.165) is 36.8 Å². The molecule has 1 N–H and O–H groups in total. The standard InChI is InChI=1S/C24H27NO3/c26-22(18-10-4-1-5-11-18)16-21-23(27)28-17-24(25-21,19-12-6-2-7-13-19)20-14-8-3-9-15-20/h2-3,6-9,12-15,18,21,25H,1,4-5,10-11,16-17H2/t21-/m1/s1. The monoisotopic (exact) mass is 377 g/mol. The highest BCUT2D eigenvalue weighted by molar-refractivity contribution is 5.88. The zero-order valence-corrected chi connectivity index (χ0v) is 16.1. The van der Waals surface area contributed by atoms with Crippen LogP contribution in [0.4, 0.5) is 0 Å². The molecule has 1 heterocycles. The van der Waals surface area contributed by atoms with E-state index in [-0.39, 0.29) is 30.7 Å². The van der Waals surface area contributed by atoms with Gasteiger partial charge in [-0.2, -0.15) is 0 Å². The van der Waals surface area contributed by atoms with Crippen LogP contribution in [0.5, 0.6) is 0 Å². The molecule has 1 saturated carbocycles. The van der Waals surface area contributed by atoms with Gasteiger partial charge in [-0.15, -0.1) is 0 Å². The summed E-state index contributed by atoms with van der Waals surface area (Å²) in [5, 5.41) is 3.52. The number of carbonyl (C=O) groups excluding carboxylic acids is 2. The molecule has 2 aromatic rings. The van der Waals surface area contributed by atoms with Gasteiger partial charge < -0.3 is 4.74 Å². The fourth-order valence-corrected chi connectivity index (χ4v) is 4.55. The Labute approximate surface area is 166 Å². The second-order valence-corrected chi connectivity index (χ2v) is 7.95. The fourth-order valence-electron chi connectivity index (χ4n) is 4.55. The van der Waals surface area contributed by atoms with Crippen LogP contribution in [-0.2, 0) is 19.9 Å². The molecule has 0 spiro atoms. The van der Waals surface area contributed by atoms with Crippen molar-refractivity contribution in [1.29, 1.82) is 0 Å². The van der Waals surface area contributed by atoms with Gasteiger partial charge >= 0.3 is 5.97 Å². The lowest BCUT2D eigenvalue weighted by molar-refractivity contribution is -0.156. The summed E-state index contributed by atoms with van der Waals surface area (Å²) in [6.07, 6.45) is 5.52. The van der Waals surface area contributed by atoms with Crippen molar-refractivity contribution >= 4 is 11.8 Å². The average Bonchev–Trinajstić information content (AvgIpc) is 2.77. The summed E-state index contributed by atoms with van der Waals surface area (Å²) in [5.74, 6) is -0.0501. The Balaban J connectivity index is 1.62. The number of carbonyl (C=O) groups is 2. The average molecular weight is 377 g/mol. The van der Waals surface area contributed by atoms with Gasteiger partial charge in [0.05, 0.1) is 0 Å². The summed E-state index contributed by atoms with van der Waals surface area (Å²) in [6, 6.07) is 19.4. The molecular formula is C24H27NO3. The zero-order valence-electron chi connectivity index (χ0n) is 16.1. The van der Waals surface area contributed by atoms with E-state index in [1.165, 1.54) is 6.42 Å². The lowest BCUT2D eigenvalue weighted by atomic mass is 9.80. The first-order valence-corrected chi connectivity index (χ1v) is 10.3. The Morgan fingerprint density at radius 1 is 0.929 bits per heavy atom. The van der Waals surface area contributed by atoms with Crippen molar-refractivity contribution in [2.24, 2.45) is 5.92 Å². The quantitative estimate of drug-likeness (QED) is 0.801. The molecule has 2 aromatic carbocycles. The molecule has 0 aromatic heterocycles. The topological polar surface area (TPSA) is 55.4 Å². The number of ether oxygens (including phenoxy) is 1. The third kappa shape index (κ3) is 3.74. The van der Waals surface area contributed by atoms with Crippen LogP contribution in [0.1, 0.15) is 49.7 Å². The predicted octanol–water partition coefficient (Wildman–Crippen LogP) is 3.98. The van der Waals surface area contributed by atoms with Gasteiger partial charge in [0.2, 0.25) is 0 Å². The highest BCUT2D eigenvalue weighted by atomic mass is 16.5. The maximum Gasteiger partial charge on any atom is 0.323 e. The Hall–Kier alpha value is -2.46. The van der Waals surface area contributed by atoms with E-state index < -0.39 is 11.6 Å². The van der Waals surface area contributed by atoms with E-state index in [1.807, 2.05) is 60.7 Å². The molecule has 2 aliphatic rings. The van der Waals surface area contributed by atoms with Gasteiger partial charge in [-0.1, -0.05) is 79.9 Å². The van der Waals surface area contributed by atoms with Gasteiger partial charge in [0, 0.05) is 12.3 Å². The summed E-state index contributed by atoms with van der Waals surface area (Å²) in [4.78, 5) is 25.4. The summed E-state index contributed by atoms with van der Waals surface area (Å²) in [5.41, 5.74) is 1.42. The Morgan fingerprint density at radius 3 is 2.07 bits per heavy atom. The summed E-state index contributed by atoms with van der Waals surface area (Å²) < 4.78 is 5.65. The first-order valence-electron chi connectivity index (χ1n) is 10.3. The maximum atomic E-state index is 12.8. The van der Waals surface area contributed by atoms with Crippen LogP contribution >= 0.6 is 0 Å². The largest absolute Gasteiger partial charge is 0.462 e. The maximum absolute atomic E-state index is 12.8.